The second-order valence-corrected chi connectivity index (χ2v) is 5.10. The molecular formula is C18H18O2. The van der Waals surface area contributed by atoms with Crippen LogP contribution < -0.4 is 0 Å². The maximum absolute atomic E-state index is 10.6. The minimum absolute atomic E-state index is 0.607. The highest BCUT2D eigenvalue weighted by Gasteiger charge is 2.18. The van der Waals surface area contributed by atoms with Crippen molar-refractivity contribution < 1.29 is 9.52 Å². The second-order valence-electron chi connectivity index (χ2n) is 5.10. The predicted molar refractivity (Wildman–Crippen MR) is 80.8 cm³/mol. The van der Waals surface area contributed by atoms with Crippen LogP contribution in [0.1, 0.15) is 35.5 Å². The van der Waals surface area contributed by atoms with Gasteiger partial charge in [-0.1, -0.05) is 49.4 Å². The quantitative estimate of drug-likeness (QED) is 0.763. The maximum Gasteiger partial charge on any atom is 0.138 e. The van der Waals surface area contributed by atoms with Gasteiger partial charge in [0.2, 0.25) is 0 Å². The van der Waals surface area contributed by atoms with Crippen molar-refractivity contribution in [3.8, 4) is 0 Å². The van der Waals surface area contributed by atoms with Gasteiger partial charge in [-0.25, -0.2) is 0 Å². The Bertz CT molecular complexity index is 740. The number of aliphatic hydroxyl groups is 1. The summed E-state index contributed by atoms with van der Waals surface area (Å²) in [5, 5.41) is 11.6. The highest BCUT2D eigenvalue weighted by atomic mass is 16.4. The molecular weight excluding hydrogens is 248 g/mol. The zero-order valence-electron chi connectivity index (χ0n) is 11.8. The number of benzene rings is 2. The second kappa shape index (κ2) is 5.14. The lowest BCUT2D eigenvalue weighted by Gasteiger charge is -2.12. The minimum atomic E-state index is -0.710. The first-order valence-electron chi connectivity index (χ1n) is 6.95. The number of rotatable bonds is 3. The fourth-order valence-corrected chi connectivity index (χ4v) is 2.64. The summed E-state index contributed by atoms with van der Waals surface area (Å²) >= 11 is 0. The molecule has 0 aliphatic carbocycles. The summed E-state index contributed by atoms with van der Waals surface area (Å²) < 4.78 is 5.86. The van der Waals surface area contributed by atoms with Crippen LogP contribution in [0.3, 0.4) is 0 Å². The third-order valence-electron chi connectivity index (χ3n) is 3.76. The summed E-state index contributed by atoms with van der Waals surface area (Å²) in [6, 6.07) is 15.9. The Balaban J connectivity index is 2.08. The predicted octanol–water partition coefficient (Wildman–Crippen LogP) is 4.39. The number of fused-ring (bicyclic) bond motifs is 1. The Morgan fingerprint density at radius 1 is 1.10 bits per heavy atom. The molecule has 3 rings (SSSR count). The molecule has 0 fully saturated rings. The van der Waals surface area contributed by atoms with Crippen LogP contribution in [0.4, 0.5) is 0 Å². The van der Waals surface area contributed by atoms with E-state index >= 15 is 0 Å². The molecule has 0 spiro atoms. The number of aryl methyl sites for hydroxylation is 2. The number of aliphatic hydroxyl groups excluding tert-OH is 1. The van der Waals surface area contributed by atoms with Crippen molar-refractivity contribution in [2.24, 2.45) is 0 Å². The first-order chi connectivity index (χ1) is 9.70. The van der Waals surface area contributed by atoms with Gasteiger partial charge >= 0.3 is 0 Å². The molecule has 0 saturated heterocycles. The van der Waals surface area contributed by atoms with Crippen molar-refractivity contribution >= 4 is 11.0 Å². The average molecular weight is 266 g/mol. The highest BCUT2D eigenvalue weighted by molar-refractivity contribution is 5.81. The summed E-state index contributed by atoms with van der Waals surface area (Å²) in [7, 11) is 0. The van der Waals surface area contributed by atoms with E-state index in [0.29, 0.717) is 5.76 Å². The normalized spacial score (nSPS) is 12.8. The van der Waals surface area contributed by atoms with Gasteiger partial charge in [0.25, 0.3) is 0 Å². The van der Waals surface area contributed by atoms with Gasteiger partial charge in [0.05, 0.1) is 0 Å². The summed E-state index contributed by atoms with van der Waals surface area (Å²) in [4.78, 5) is 0. The van der Waals surface area contributed by atoms with E-state index < -0.39 is 6.10 Å². The van der Waals surface area contributed by atoms with Crippen molar-refractivity contribution in [1.29, 1.82) is 0 Å². The van der Waals surface area contributed by atoms with Crippen LogP contribution in [-0.2, 0) is 6.42 Å². The van der Waals surface area contributed by atoms with Crippen LogP contribution in [0.25, 0.3) is 11.0 Å². The van der Waals surface area contributed by atoms with Crippen LogP contribution in [0.5, 0.6) is 0 Å². The van der Waals surface area contributed by atoms with Crippen LogP contribution >= 0.6 is 0 Å². The van der Waals surface area contributed by atoms with Gasteiger partial charge in [-0.3, -0.25) is 0 Å². The molecule has 3 aromatic rings. The molecule has 2 aromatic carbocycles. The van der Waals surface area contributed by atoms with E-state index in [2.05, 4.69) is 6.92 Å². The van der Waals surface area contributed by atoms with E-state index in [1.807, 2.05) is 55.5 Å². The number of hydrogen-bond donors (Lipinski definition) is 1. The molecule has 1 atom stereocenters. The lowest BCUT2D eigenvalue weighted by molar-refractivity contribution is 0.191. The lowest BCUT2D eigenvalue weighted by atomic mass is 9.99. The van der Waals surface area contributed by atoms with Crippen LogP contribution in [0, 0.1) is 6.92 Å². The zero-order valence-corrected chi connectivity index (χ0v) is 11.8. The molecule has 0 bridgehead atoms. The van der Waals surface area contributed by atoms with E-state index in [-0.39, 0.29) is 0 Å². The topological polar surface area (TPSA) is 33.4 Å². The van der Waals surface area contributed by atoms with Crippen molar-refractivity contribution in [3.05, 3.63) is 71.0 Å². The summed E-state index contributed by atoms with van der Waals surface area (Å²) in [6.07, 6.45) is 0.185. The SMILES string of the molecule is CCc1ccccc1C(O)c1cc2cccc(C)c2o1. The van der Waals surface area contributed by atoms with Gasteiger partial charge in [-0.05, 0) is 36.1 Å². The van der Waals surface area contributed by atoms with Crippen molar-refractivity contribution in [2.75, 3.05) is 0 Å². The van der Waals surface area contributed by atoms with Gasteiger partial charge in [0.1, 0.15) is 17.4 Å². The molecule has 102 valence electrons. The third kappa shape index (κ3) is 2.12. The summed E-state index contributed by atoms with van der Waals surface area (Å²) in [5.74, 6) is 0.607. The molecule has 1 unspecified atom stereocenters. The fourth-order valence-electron chi connectivity index (χ4n) is 2.64. The third-order valence-corrected chi connectivity index (χ3v) is 3.76. The molecule has 20 heavy (non-hydrogen) atoms. The molecule has 0 aliphatic rings. The molecule has 1 aromatic heterocycles. The van der Waals surface area contributed by atoms with E-state index in [4.69, 9.17) is 4.42 Å². The summed E-state index contributed by atoms with van der Waals surface area (Å²) in [5.41, 5.74) is 4.02. The molecule has 0 saturated carbocycles. The molecule has 2 heteroatoms. The van der Waals surface area contributed by atoms with E-state index in [9.17, 15) is 5.11 Å². The molecule has 2 nitrogen and oxygen atoms in total. The number of para-hydroxylation sites is 1. The summed E-state index contributed by atoms with van der Waals surface area (Å²) in [6.45, 7) is 4.11. The van der Waals surface area contributed by atoms with E-state index in [1.54, 1.807) is 0 Å². The molecule has 0 aliphatic heterocycles. The fraction of sp³-hybridized carbons (Fsp3) is 0.222. The van der Waals surface area contributed by atoms with Crippen LogP contribution in [0.15, 0.2) is 52.9 Å². The first-order valence-corrected chi connectivity index (χ1v) is 6.95. The Morgan fingerprint density at radius 3 is 2.65 bits per heavy atom. The molecule has 1 heterocycles. The van der Waals surface area contributed by atoms with Crippen LogP contribution in [-0.4, -0.2) is 5.11 Å². The molecule has 1 N–H and O–H groups in total. The Labute approximate surface area is 118 Å². The number of furan rings is 1. The van der Waals surface area contributed by atoms with Crippen molar-refractivity contribution in [3.63, 3.8) is 0 Å². The Hall–Kier alpha value is -2.06. The van der Waals surface area contributed by atoms with E-state index in [0.717, 1.165) is 34.1 Å². The Morgan fingerprint density at radius 2 is 1.90 bits per heavy atom. The highest BCUT2D eigenvalue weighted by Crippen LogP contribution is 2.31. The average Bonchev–Trinajstić information content (AvgIpc) is 2.92. The monoisotopic (exact) mass is 266 g/mol. The van der Waals surface area contributed by atoms with Gasteiger partial charge in [0.15, 0.2) is 0 Å². The smallest absolute Gasteiger partial charge is 0.138 e. The minimum Gasteiger partial charge on any atom is -0.458 e. The molecule has 0 radical (unpaired) electrons. The lowest BCUT2D eigenvalue weighted by Crippen LogP contribution is -2.02. The zero-order chi connectivity index (χ0) is 14.1. The number of hydrogen-bond acceptors (Lipinski definition) is 2. The first kappa shape index (κ1) is 12.9. The van der Waals surface area contributed by atoms with Gasteiger partial charge < -0.3 is 9.52 Å². The standard InChI is InChI=1S/C18H18O2/c1-3-13-8-4-5-10-15(13)17(19)16-11-14-9-6-7-12(2)18(14)20-16/h4-11,17,19H,3H2,1-2H3. The molecule has 0 amide bonds. The van der Waals surface area contributed by atoms with Crippen molar-refractivity contribution in [2.45, 2.75) is 26.4 Å². The van der Waals surface area contributed by atoms with Crippen molar-refractivity contribution in [1.82, 2.24) is 0 Å². The Kier molecular flexibility index (Phi) is 3.33. The van der Waals surface area contributed by atoms with Gasteiger partial charge in [-0.2, -0.15) is 0 Å². The van der Waals surface area contributed by atoms with Crippen LogP contribution in [0.2, 0.25) is 0 Å². The van der Waals surface area contributed by atoms with Gasteiger partial charge in [-0.15, -0.1) is 0 Å². The maximum atomic E-state index is 10.6. The largest absolute Gasteiger partial charge is 0.458 e. The van der Waals surface area contributed by atoms with Gasteiger partial charge in [0, 0.05) is 5.39 Å². The van der Waals surface area contributed by atoms with E-state index in [1.165, 1.54) is 0 Å².